The zero-order chi connectivity index (χ0) is 16.9. The fourth-order valence-corrected chi connectivity index (χ4v) is 2.41. The van der Waals surface area contributed by atoms with E-state index in [1.54, 1.807) is 31.4 Å². The predicted molar refractivity (Wildman–Crippen MR) is 91.1 cm³/mol. The van der Waals surface area contributed by atoms with Gasteiger partial charge in [-0.15, -0.1) is 0 Å². The largest absolute Gasteiger partial charge is 0.497 e. The monoisotopic (exact) mass is 317 g/mol. The van der Waals surface area contributed by atoms with Gasteiger partial charge in [-0.3, -0.25) is 9.59 Å². The molecule has 24 heavy (non-hydrogen) atoms. The Labute approximate surface area is 140 Å². The van der Waals surface area contributed by atoms with Crippen molar-refractivity contribution in [1.82, 2.24) is 5.32 Å². The number of rotatable bonds is 3. The van der Waals surface area contributed by atoms with E-state index in [4.69, 9.17) is 4.74 Å². The minimum absolute atomic E-state index is 0.171. The first kappa shape index (κ1) is 15.6. The molecule has 2 aromatic carbocycles. The van der Waals surface area contributed by atoms with Gasteiger partial charge in [0.25, 0.3) is 0 Å². The van der Waals surface area contributed by atoms with Crippen molar-refractivity contribution in [2.24, 2.45) is 0 Å². The number of methoxy groups -OCH3 is 1. The third-order valence-corrected chi connectivity index (χ3v) is 3.65. The molecule has 0 radical (unpaired) electrons. The molecule has 0 unspecified atom stereocenters. The van der Waals surface area contributed by atoms with Gasteiger partial charge in [0.2, 0.25) is 5.78 Å². The van der Waals surface area contributed by atoms with Crippen LogP contribution in [0.2, 0.25) is 0 Å². The number of carbonyl (C=O) groups is 2. The molecule has 0 heterocycles. The van der Waals surface area contributed by atoms with Crippen LogP contribution in [-0.4, -0.2) is 25.2 Å². The number of fused-ring (bicyclic) bond motifs is 1. The van der Waals surface area contributed by atoms with Crippen LogP contribution < -0.4 is 10.1 Å². The lowest BCUT2D eigenvalue weighted by Gasteiger charge is -2.14. The molecule has 0 amide bonds. The highest BCUT2D eigenvalue weighted by Gasteiger charge is 2.24. The lowest BCUT2D eigenvalue weighted by molar-refractivity contribution is 0.0979. The Bertz CT molecular complexity index is 883. The van der Waals surface area contributed by atoms with Crippen LogP contribution in [0.25, 0.3) is 0 Å². The van der Waals surface area contributed by atoms with E-state index in [1.807, 2.05) is 24.3 Å². The van der Waals surface area contributed by atoms with Crippen LogP contribution in [0.3, 0.4) is 0 Å². The van der Waals surface area contributed by atoms with Crippen LogP contribution in [0.5, 0.6) is 5.75 Å². The maximum Gasteiger partial charge on any atom is 0.209 e. The lowest BCUT2D eigenvalue weighted by atomic mass is 9.93. The highest BCUT2D eigenvalue weighted by atomic mass is 16.5. The molecule has 0 atom stereocenters. The van der Waals surface area contributed by atoms with Gasteiger partial charge in [-0.2, -0.15) is 0 Å². The van der Waals surface area contributed by atoms with Gasteiger partial charge in [-0.1, -0.05) is 36.1 Å². The number of hydrogen-bond donors (Lipinski definition) is 1. The van der Waals surface area contributed by atoms with Crippen molar-refractivity contribution in [3.05, 3.63) is 77.0 Å². The minimum Gasteiger partial charge on any atom is -0.497 e. The van der Waals surface area contributed by atoms with Gasteiger partial charge in [0, 0.05) is 22.8 Å². The Morgan fingerprint density at radius 3 is 2.42 bits per heavy atom. The molecular formula is C20H15NO3. The fourth-order valence-electron chi connectivity index (χ4n) is 2.41. The second kappa shape index (κ2) is 6.84. The van der Waals surface area contributed by atoms with Crippen LogP contribution in [-0.2, 0) is 0 Å². The van der Waals surface area contributed by atoms with E-state index in [1.165, 1.54) is 6.08 Å². The van der Waals surface area contributed by atoms with Crippen molar-refractivity contribution in [2.75, 3.05) is 13.7 Å². The van der Waals surface area contributed by atoms with Crippen molar-refractivity contribution in [2.45, 2.75) is 0 Å². The standard InChI is InChI=1S/C20H15NO3/c1-24-15-10-8-14(9-11-15)5-4-12-21-18-13-19(22)16-6-2-3-7-17(16)20(18)23/h2-3,6-11,13,21H,12H2,1H3. The highest BCUT2D eigenvalue weighted by molar-refractivity contribution is 6.24. The average molecular weight is 317 g/mol. The molecule has 118 valence electrons. The summed E-state index contributed by atoms with van der Waals surface area (Å²) in [6.45, 7) is 0.277. The average Bonchev–Trinajstić information content (AvgIpc) is 2.63. The summed E-state index contributed by atoms with van der Waals surface area (Å²) in [6, 6.07) is 14.2. The second-order valence-corrected chi connectivity index (χ2v) is 5.18. The summed E-state index contributed by atoms with van der Waals surface area (Å²) < 4.78 is 5.09. The summed E-state index contributed by atoms with van der Waals surface area (Å²) >= 11 is 0. The van der Waals surface area contributed by atoms with Crippen molar-refractivity contribution in [3.8, 4) is 17.6 Å². The topological polar surface area (TPSA) is 55.4 Å². The number of ketones is 2. The number of nitrogens with one attached hydrogen (secondary N) is 1. The number of Topliss-reactive ketones (excluding diaryl/α,β-unsaturated/α-hetero) is 1. The molecule has 1 aliphatic carbocycles. The molecule has 0 bridgehead atoms. The van der Waals surface area contributed by atoms with Crippen LogP contribution in [0, 0.1) is 11.8 Å². The van der Waals surface area contributed by atoms with Crippen LogP contribution in [0.15, 0.2) is 60.3 Å². The summed E-state index contributed by atoms with van der Waals surface area (Å²) in [5.41, 5.74) is 2.00. The first-order valence-electron chi connectivity index (χ1n) is 7.45. The summed E-state index contributed by atoms with van der Waals surface area (Å²) in [6.07, 6.45) is 1.33. The molecule has 0 fully saturated rings. The van der Waals surface area contributed by atoms with Gasteiger partial charge >= 0.3 is 0 Å². The molecule has 0 spiro atoms. The van der Waals surface area contributed by atoms with Crippen molar-refractivity contribution in [1.29, 1.82) is 0 Å². The zero-order valence-corrected chi connectivity index (χ0v) is 13.1. The molecule has 1 N–H and O–H groups in total. The van der Waals surface area contributed by atoms with Crippen molar-refractivity contribution < 1.29 is 14.3 Å². The Morgan fingerprint density at radius 1 is 1.00 bits per heavy atom. The number of allylic oxidation sites excluding steroid dienone is 2. The van der Waals surface area contributed by atoms with Crippen LogP contribution >= 0.6 is 0 Å². The molecule has 0 saturated carbocycles. The van der Waals surface area contributed by atoms with Crippen LogP contribution in [0.4, 0.5) is 0 Å². The van der Waals surface area contributed by atoms with Gasteiger partial charge in [0.15, 0.2) is 5.78 Å². The molecule has 1 aliphatic rings. The van der Waals surface area contributed by atoms with Crippen LogP contribution in [0.1, 0.15) is 26.3 Å². The number of ether oxygens (including phenoxy) is 1. The SMILES string of the molecule is COc1ccc(C#CCNC2=CC(=O)c3ccccc3C2=O)cc1. The molecule has 4 nitrogen and oxygen atoms in total. The molecule has 0 saturated heterocycles. The number of hydrogen-bond acceptors (Lipinski definition) is 4. The Morgan fingerprint density at radius 2 is 1.71 bits per heavy atom. The van der Waals surface area contributed by atoms with E-state index in [9.17, 15) is 9.59 Å². The zero-order valence-electron chi connectivity index (χ0n) is 13.1. The van der Waals surface area contributed by atoms with Crippen molar-refractivity contribution >= 4 is 11.6 Å². The summed E-state index contributed by atoms with van der Waals surface area (Å²) in [7, 11) is 1.61. The third-order valence-electron chi connectivity index (χ3n) is 3.65. The Kier molecular flexibility index (Phi) is 4.44. The maximum absolute atomic E-state index is 12.4. The predicted octanol–water partition coefficient (Wildman–Crippen LogP) is 2.60. The van der Waals surface area contributed by atoms with Gasteiger partial charge in [-0.25, -0.2) is 0 Å². The minimum atomic E-state index is -0.184. The van der Waals surface area contributed by atoms with E-state index in [0.29, 0.717) is 11.1 Å². The summed E-state index contributed by atoms with van der Waals surface area (Å²) in [4.78, 5) is 24.4. The Balaban J connectivity index is 1.66. The molecular weight excluding hydrogens is 302 g/mol. The smallest absolute Gasteiger partial charge is 0.209 e. The van der Waals surface area contributed by atoms with E-state index in [-0.39, 0.29) is 23.8 Å². The van der Waals surface area contributed by atoms with E-state index in [2.05, 4.69) is 17.2 Å². The van der Waals surface area contributed by atoms with E-state index < -0.39 is 0 Å². The van der Waals surface area contributed by atoms with Gasteiger partial charge in [-0.05, 0) is 24.3 Å². The third kappa shape index (κ3) is 3.21. The first-order valence-corrected chi connectivity index (χ1v) is 7.45. The highest BCUT2D eigenvalue weighted by Crippen LogP contribution is 2.19. The second-order valence-electron chi connectivity index (χ2n) is 5.18. The maximum atomic E-state index is 12.4. The van der Waals surface area contributed by atoms with Gasteiger partial charge in [0.1, 0.15) is 5.75 Å². The summed E-state index contributed by atoms with van der Waals surface area (Å²) in [5.74, 6) is 6.35. The van der Waals surface area contributed by atoms with Gasteiger partial charge < -0.3 is 10.1 Å². The quantitative estimate of drug-likeness (QED) is 0.884. The lowest BCUT2D eigenvalue weighted by Crippen LogP contribution is -2.27. The normalized spacial score (nSPS) is 12.6. The molecule has 4 heteroatoms. The summed E-state index contributed by atoms with van der Waals surface area (Å²) in [5, 5.41) is 2.93. The molecule has 2 aromatic rings. The molecule has 0 aromatic heterocycles. The first-order chi connectivity index (χ1) is 11.7. The Hall–Kier alpha value is -3.32. The van der Waals surface area contributed by atoms with E-state index >= 15 is 0 Å². The number of carbonyl (C=O) groups excluding carboxylic acids is 2. The molecule has 0 aliphatic heterocycles. The fraction of sp³-hybridized carbons (Fsp3) is 0.100. The van der Waals surface area contributed by atoms with Crippen molar-refractivity contribution in [3.63, 3.8) is 0 Å². The van der Waals surface area contributed by atoms with E-state index in [0.717, 1.165) is 11.3 Å². The molecule has 3 rings (SSSR count). The van der Waals surface area contributed by atoms with Gasteiger partial charge in [0.05, 0.1) is 19.4 Å². The number of benzene rings is 2.